The van der Waals surface area contributed by atoms with Gasteiger partial charge in [-0.15, -0.1) is 0 Å². The average Bonchev–Trinajstić information content (AvgIpc) is 2.70. The van der Waals surface area contributed by atoms with Crippen LogP contribution in [0, 0.1) is 0 Å². The number of rotatable bonds is 4. The topological polar surface area (TPSA) is 46.1 Å². The molecule has 4 nitrogen and oxygen atoms in total. The van der Waals surface area contributed by atoms with E-state index in [0.717, 1.165) is 30.4 Å². The zero-order valence-corrected chi connectivity index (χ0v) is 12.1. The van der Waals surface area contributed by atoms with E-state index in [2.05, 4.69) is 32.6 Å². The fraction of sp³-hybridized carbons (Fsp3) is 0.462. The first kappa shape index (κ1) is 13.4. The number of aromatic nitrogens is 1. The van der Waals surface area contributed by atoms with Gasteiger partial charge in [0.05, 0.1) is 0 Å². The van der Waals surface area contributed by atoms with E-state index >= 15 is 0 Å². The van der Waals surface area contributed by atoms with Crippen LogP contribution in [0.3, 0.4) is 0 Å². The van der Waals surface area contributed by atoms with E-state index in [1.54, 1.807) is 0 Å². The standard InChI is InChI=1S/C13H18BrN3O/c1-17-9-11(14)8-12(17)13(18)16-7-4-10-2-5-15-6-3-10/h2,8-9,15H,3-7H2,1H3,(H,16,18). The lowest BCUT2D eigenvalue weighted by molar-refractivity contribution is 0.0946. The zero-order chi connectivity index (χ0) is 13.0. The van der Waals surface area contributed by atoms with E-state index in [4.69, 9.17) is 0 Å². The Labute approximate surface area is 116 Å². The number of aryl methyl sites for hydroxylation is 1. The third-order valence-corrected chi connectivity index (χ3v) is 3.53. The van der Waals surface area contributed by atoms with Crippen molar-refractivity contribution in [2.24, 2.45) is 7.05 Å². The van der Waals surface area contributed by atoms with Gasteiger partial charge in [0.2, 0.25) is 0 Å². The third-order valence-electron chi connectivity index (χ3n) is 3.09. The number of amides is 1. The van der Waals surface area contributed by atoms with Crippen molar-refractivity contribution in [3.05, 3.63) is 34.1 Å². The Bertz CT molecular complexity index is 465. The predicted octanol–water partition coefficient (Wildman–Crippen LogP) is 1.83. The molecule has 2 N–H and O–H groups in total. The van der Waals surface area contributed by atoms with E-state index in [0.29, 0.717) is 12.2 Å². The monoisotopic (exact) mass is 311 g/mol. The minimum atomic E-state index is -0.0160. The largest absolute Gasteiger partial charge is 0.350 e. The molecule has 0 saturated heterocycles. The predicted molar refractivity (Wildman–Crippen MR) is 75.6 cm³/mol. The average molecular weight is 312 g/mol. The Hall–Kier alpha value is -1.07. The van der Waals surface area contributed by atoms with Gasteiger partial charge >= 0.3 is 0 Å². The fourth-order valence-electron chi connectivity index (χ4n) is 2.07. The molecule has 1 amide bonds. The molecule has 1 aliphatic heterocycles. The zero-order valence-electron chi connectivity index (χ0n) is 10.5. The molecule has 0 bridgehead atoms. The normalized spacial score (nSPS) is 15.3. The van der Waals surface area contributed by atoms with Crippen molar-refractivity contribution >= 4 is 21.8 Å². The molecule has 1 aromatic heterocycles. The second kappa shape index (κ2) is 6.20. The summed E-state index contributed by atoms with van der Waals surface area (Å²) in [4.78, 5) is 11.9. The van der Waals surface area contributed by atoms with Crippen molar-refractivity contribution in [1.29, 1.82) is 0 Å². The summed E-state index contributed by atoms with van der Waals surface area (Å²) in [5, 5.41) is 6.24. The Kier molecular flexibility index (Phi) is 4.60. The fourth-order valence-corrected chi connectivity index (χ4v) is 2.60. The van der Waals surface area contributed by atoms with Gasteiger partial charge in [-0.25, -0.2) is 0 Å². The lowest BCUT2D eigenvalue weighted by Crippen LogP contribution is -2.27. The van der Waals surface area contributed by atoms with Gasteiger partial charge in [0.1, 0.15) is 5.69 Å². The molecule has 1 aliphatic rings. The quantitative estimate of drug-likeness (QED) is 0.833. The second-order valence-corrected chi connectivity index (χ2v) is 5.39. The Balaban J connectivity index is 1.81. The lowest BCUT2D eigenvalue weighted by Gasteiger charge is -2.14. The molecular weight excluding hydrogens is 294 g/mol. The van der Waals surface area contributed by atoms with Crippen molar-refractivity contribution in [2.45, 2.75) is 12.8 Å². The van der Waals surface area contributed by atoms with Crippen LogP contribution >= 0.6 is 15.9 Å². The van der Waals surface area contributed by atoms with Gasteiger partial charge in [-0.3, -0.25) is 4.79 Å². The van der Waals surface area contributed by atoms with Crippen LogP contribution in [0.2, 0.25) is 0 Å². The molecule has 0 spiro atoms. The lowest BCUT2D eigenvalue weighted by atomic mass is 10.1. The molecule has 0 unspecified atom stereocenters. The number of nitrogens with zero attached hydrogens (tertiary/aromatic N) is 1. The van der Waals surface area contributed by atoms with Gasteiger partial charge in [0, 0.05) is 30.8 Å². The van der Waals surface area contributed by atoms with Crippen LogP contribution in [0.1, 0.15) is 23.3 Å². The molecule has 98 valence electrons. The summed E-state index contributed by atoms with van der Waals surface area (Å²) in [7, 11) is 1.87. The minimum absolute atomic E-state index is 0.0160. The molecule has 0 aliphatic carbocycles. The summed E-state index contributed by atoms with van der Waals surface area (Å²) in [6.45, 7) is 2.70. The summed E-state index contributed by atoms with van der Waals surface area (Å²) in [6.07, 6.45) is 6.13. The van der Waals surface area contributed by atoms with Crippen LogP contribution < -0.4 is 10.6 Å². The number of carbonyl (C=O) groups excluding carboxylic acids is 1. The molecule has 1 aromatic rings. The summed E-state index contributed by atoms with van der Waals surface area (Å²) in [5.41, 5.74) is 2.11. The highest BCUT2D eigenvalue weighted by Gasteiger charge is 2.10. The van der Waals surface area contributed by atoms with Gasteiger partial charge in [-0.2, -0.15) is 0 Å². The second-order valence-electron chi connectivity index (χ2n) is 4.48. The number of halogens is 1. The van der Waals surface area contributed by atoms with Crippen LogP contribution in [0.25, 0.3) is 0 Å². The molecule has 5 heteroatoms. The first-order valence-electron chi connectivity index (χ1n) is 6.15. The van der Waals surface area contributed by atoms with Crippen molar-refractivity contribution in [1.82, 2.24) is 15.2 Å². The molecule has 0 atom stereocenters. The van der Waals surface area contributed by atoms with Crippen LogP contribution in [-0.2, 0) is 7.05 Å². The third kappa shape index (κ3) is 3.46. The van der Waals surface area contributed by atoms with Crippen molar-refractivity contribution in [2.75, 3.05) is 19.6 Å². The smallest absolute Gasteiger partial charge is 0.267 e. The van der Waals surface area contributed by atoms with Gasteiger partial charge in [0.25, 0.3) is 5.91 Å². The Morgan fingerprint density at radius 2 is 2.44 bits per heavy atom. The number of nitrogens with one attached hydrogen (secondary N) is 2. The molecule has 0 aromatic carbocycles. The molecule has 0 saturated carbocycles. The van der Waals surface area contributed by atoms with Crippen LogP contribution in [0.4, 0.5) is 0 Å². The first-order chi connectivity index (χ1) is 8.66. The number of hydrogen-bond acceptors (Lipinski definition) is 2. The summed E-state index contributed by atoms with van der Waals surface area (Å²) in [6, 6.07) is 1.83. The van der Waals surface area contributed by atoms with Crippen molar-refractivity contribution in [3.63, 3.8) is 0 Å². The van der Waals surface area contributed by atoms with Gasteiger partial charge in [-0.1, -0.05) is 11.6 Å². The van der Waals surface area contributed by atoms with Gasteiger partial charge in [0.15, 0.2) is 0 Å². The maximum atomic E-state index is 11.9. The highest BCUT2D eigenvalue weighted by molar-refractivity contribution is 9.10. The highest BCUT2D eigenvalue weighted by atomic mass is 79.9. The number of hydrogen-bond donors (Lipinski definition) is 2. The maximum absolute atomic E-state index is 11.9. The summed E-state index contributed by atoms with van der Waals surface area (Å²) in [5.74, 6) is -0.0160. The van der Waals surface area contributed by atoms with E-state index in [1.165, 1.54) is 5.57 Å². The Morgan fingerprint density at radius 3 is 3.06 bits per heavy atom. The summed E-state index contributed by atoms with van der Waals surface area (Å²) < 4.78 is 2.75. The summed E-state index contributed by atoms with van der Waals surface area (Å²) >= 11 is 3.37. The number of carbonyl (C=O) groups is 1. The van der Waals surface area contributed by atoms with Crippen LogP contribution in [-0.4, -0.2) is 30.1 Å². The van der Waals surface area contributed by atoms with Gasteiger partial charge in [-0.05, 0) is 41.4 Å². The SMILES string of the molecule is Cn1cc(Br)cc1C(=O)NCCC1=CCNCC1. The molecule has 18 heavy (non-hydrogen) atoms. The van der Waals surface area contributed by atoms with Crippen molar-refractivity contribution in [3.8, 4) is 0 Å². The van der Waals surface area contributed by atoms with E-state index in [-0.39, 0.29) is 5.91 Å². The minimum Gasteiger partial charge on any atom is -0.350 e. The van der Waals surface area contributed by atoms with E-state index in [1.807, 2.05) is 23.9 Å². The maximum Gasteiger partial charge on any atom is 0.267 e. The van der Waals surface area contributed by atoms with Gasteiger partial charge < -0.3 is 15.2 Å². The van der Waals surface area contributed by atoms with E-state index in [9.17, 15) is 4.79 Å². The van der Waals surface area contributed by atoms with Crippen LogP contribution in [0.15, 0.2) is 28.4 Å². The molecular formula is C13H18BrN3O. The molecule has 2 heterocycles. The molecule has 0 fully saturated rings. The Morgan fingerprint density at radius 1 is 1.61 bits per heavy atom. The molecule has 2 rings (SSSR count). The highest BCUT2D eigenvalue weighted by Crippen LogP contribution is 2.13. The molecule has 0 radical (unpaired) electrons. The first-order valence-corrected chi connectivity index (χ1v) is 6.95. The van der Waals surface area contributed by atoms with Crippen molar-refractivity contribution < 1.29 is 4.79 Å². The van der Waals surface area contributed by atoms with E-state index < -0.39 is 0 Å². The van der Waals surface area contributed by atoms with Crippen LogP contribution in [0.5, 0.6) is 0 Å².